The van der Waals surface area contributed by atoms with Crippen molar-refractivity contribution in [3.8, 4) is 0 Å². The van der Waals surface area contributed by atoms with Crippen molar-refractivity contribution in [3.05, 3.63) is 30.3 Å². The monoisotopic (exact) mass is 272 g/mol. The SMILES string of the molecule is O=C(CCC1CC1)N1CCCC(Nc2ccccc2)C1. The molecular weight excluding hydrogens is 248 g/mol. The Hall–Kier alpha value is -1.51. The summed E-state index contributed by atoms with van der Waals surface area (Å²) in [6, 6.07) is 10.7. The lowest BCUT2D eigenvalue weighted by Gasteiger charge is -2.34. The summed E-state index contributed by atoms with van der Waals surface area (Å²) >= 11 is 0. The Morgan fingerprint density at radius 2 is 2.00 bits per heavy atom. The van der Waals surface area contributed by atoms with Crippen LogP contribution in [0.25, 0.3) is 0 Å². The van der Waals surface area contributed by atoms with Gasteiger partial charge in [-0.15, -0.1) is 0 Å². The molecule has 0 bridgehead atoms. The minimum Gasteiger partial charge on any atom is -0.381 e. The van der Waals surface area contributed by atoms with Crippen molar-refractivity contribution in [3.63, 3.8) is 0 Å². The number of carbonyl (C=O) groups excluding carboxylic acids is 1. The summed E-state index contributed by atoms with van der Waals surface area (Å²) in [6.45, 7) is 1.80. The molecule has 2 fully saturated rings. The van der Waals surface area contributed by atoms with Crippen LogP contribution in [0.1, 0.15) is 38.5 Å². The molecule has 0 radical (unpaired) electrons. The molecule has 2 aliphatic rings. The molecule has 1 aliphatic heterocycles. The summed E-state index contributed by atoms with van der Waals surface area (Å²) in [5, 5.41) is 3.55. The maximum atomic E-state index is 12.2. The quantitative estimate of drug-likeness (QED) is 0.892. The fourth-order valence-corrected chi connectivity index (χ4v) is 2.98. The number of hydrogen-bond donors (Lipinski definition) is 1. The Morgan fingerprint density at radius 1 is 1.20 bits per heavy atom. The first-order chi connectivity index (χ1) is 9.81. The fraction of sp³-hybridized carbons (Fsp3) is 0.588. The van der Waals surface area contributed by atoms with Gasteiger partial charge in [0, 0.05) is 31.2 Å². The van der Waals surface area contributed by atoms with E-state index in [0.717, 1.165) is 50.4 Å². The van der Waals surface area contributed by atoms with Crippen LogP contribution < -0.4 is 5.32 Å². The highest BCUT2D eigenvalue weighted by atomic mass is 16.2. The highest BCUT2D eigenvalue weighted by Gasteiger charge is 2.26. The zero-order valence-corrected chi connectivity index (χ0v) is 12.1. The maximum absolute atomic E-state index is 12.2. The molecule has 0 aromatic heterocycles. The number of likely N-dealkylation sites (tertiary alicyclic amines) is 1. The second-order valence-corrected chi connectivity index (χ2v) is 6.17. The predicted molar refractivity (Wildman–Crippen MR) is 81.6 cm³/mol. The standard InChI is InChI=1S/C17H24N2O/c20-17(11-10-14-8-9-14)19-12-4-7-16(13-19)18-15-5-2-1-3-6-15/h1-3,5-6,14,16,18H,4,7-13H2. The van der Waals surface area contributed by atoms with E-state index >= 15 is 0 Å². The lowest BCUT2D eigenvalue weighted by Crippen LogP contribution is -2.45. The number of piperidine rings is 1. The number of para-hydroxylation sites is 1. The van der Waals surface area contributed by atoms with E-state index in [1.807, 2.05) is 18.2 Å². The number of hydrogen-bond acceptors (Lipinski definition) is 2. The topological polar surface area (TPSA) is 32.3 Å². The third-order valence-corrected chi connectivity index (χ3v) is 4.38. The van der Waals surface area contributed by atoms with Gasteiger partial charge in [0.05, 0.1) is 0 Å². The number of carbonyl (C=O) groups is 1. The van der Waals surface area contributed by atoms with E-state index in [4.69, 9.17) is 0 Å². The number of nitrogens with one attached hydrogen (secondary N) is 1. The Morgan fingerprint density at radius 3 is 2.75 bits per heavy atom. The Kier molecular flexibility index (Phi) is 4.24. The van der Waals surface area contributed by atoms with E-state index in [1.54, 1.807) is 0 Å². The molecule has 1 atom stereocenters. The van der Waals surface area contributed by atoms with Gasteiger partial charge in [-0.1, -0.05) is 31.0 Å². The average Bonchev–Trinajstić information content (AvgIpc) is 3.30. The lowest BCUT2D eigenvalue weighted by atomic mass is 10.0. The van der Waals surface area contributed by atoms with Crippen LogP contribution in [0.4, 0.5) is 5.69 Å². The first-order valence-electron chi connectivity index (χ1n) is 7.90. The van der Waals surface area contributed by atoms with Crippen molar-refractivity contribution < 1.29 is 4.79 Å². The number of rotatable bonds is 5. The van der Waals surface area contributed by atoms with E-state index in [1.165, 1.54) is 12.8 Å². The summed E-state index contributed by atoms with van der Waals surface area (Å²) in [5.74, 6) is 1.21. The average molecular weight is 272 g/mol. The van der Waals surface area contributed by atoms with Crippen LogP contribution in [-0.4, -0.2) is 29.9 Å². The molecule has 1 aromatic carbocycles. The highest BCUT2D eigenvalue weighted by Crippen LogP contribution is 2.33. The molecule has 108 valence electrons. The van der Waals surface area contributed by atoms with Crippen molar-refractivity contribution in [1.29, 1.82) is 0 Å². The molecule has 3 heteroatoms. The van der Waals surface area contributed by atoms with E-state index in [0.29, 0.717) is 11.9 Å². The molecule has 1 N–H and O–H groups in total. The molecule has 1 saturated carbocycles. The zero-order chi connectivity index (χ0) is 13.8. The van der Waals surface area contributed by atoms with Crippen LogP contribution in [0.5, 0.6) is 0 Å². The number of amides is 1. The van der Waals surface area contributed by atoms with Gasteiger partial charge < -0.3 is 10.2 Å². The minimum absolute atomic E-state index is 0.358. The van der Waals surface area contributed by atoms with Gasteiger partial charge in [-0.25, -0.2) is 0 Å². The molecule has 0 spiro atoms. The first kappa shape index (κ1) is 13.5. The van der Waals surface area contributed by atoms with E-state index < -0.39 is 0 Å². The Bertz CT molecular complexity index is 442. The molecule has 1 aromatic rings. The van der Waals surface area contributed by atoms with Crippen molar-refractivity contribution in [1.82, 2.24) is 4.90 Å². The van der Waals surface area contributed by atoms with Gasteiger partial charge in [-0.05, 0) is 37.3 Å². The van der Waals surface area contributed by atoms with Crippen LogP contribution in [0, 0.1) is 5.92 Å². The van der Waals surface area contributed by atoms with E-state index in [9.17, 15) is 4.79 Å². The van der Waals surface area contributed by atoms with Gasteiger partial charge in [0.2, 0.25) is 5.91 Å². The summed E-state index contributed by atoms with van der Waals surface area (Å²) in [6.07, 6.45) is 6.80. The molecule has 3 rings (SSSR count). The maximum Gasteiger partial charge on any atom is 0.222 e. The Balaban J connectivity index is 1.49. The fourth-order valence-electron chi connectivity index (χ4n) is 2.98. The highest BCUT2D eigenvalue weighted by molar-refractivity contribution is 5.76. The molecular formula is C17H24N2O. The van der Waals surface area contributed by atoms with Gasteiger partial charge in [-0.2, -0.15) is 0 Å². The normalized spacial score (nSPS) is 22.6. The summed E-state index contributed by atoms with van der Waals surface area (Å²) < 4.78 is 0. The van der Waals surface area contributed by atoms with Crippen molar-refractivity contribution in [2.75, 3.05) is 18.4 Å². The molecule has 1 heterocycles. The summed E-state index contributed by atoms with van der Waals surface area (Å²) in [7, 11) is 0. The Labute approximate surface area is 121 Å². The molecule has 1 aliphatic carbocycles. The van der Waals surface area contributed by atoms with Crippen molar-refractivity contribution in [2.24, 2.45) is 5.92 Å². The lowest BCUT2D eigenvalue weighted by molar-refractivity contribution is -0.132. The van der Waals surface area contributed by atoms with Crippen molar-refractivity contribution in [2.45, 2.75) is 44.6 Å². The molecule has 1 amide bonds. The molecule has 3 nitrogen and oxygen atoms in total. The van der Waals surface area contributed by atoms with E-state index in [2.05, 4.69) is 22.3 Å². The van der Waals surface area contributed by atoms with Crippen LogP contribution in [0.3, 0.4) is 0 Å². The third kappa shape index (κ3) is 3.75. The zero-order valence-electron chi connectivity index (χ0n) is 12.1. The van der Waals surface area contributed by atoms with Crippen molar-refractivity contribution >= 4 is 11.6 Å². The van der Waals surface area contributed by atoms with Gasteiger partial charge in [-0.3, -0.25) is 4.79 Å². The smallest absolute Gasteiger partial charge is 0.222 e. The second-order valence-electron chi connectivity index (χ2n) is 6.17. The largest absolute Gasteiger partial charge is 0.381 e. The molecule has 20 heavy (non-hydrogen) atoms. The molecule has 1 saturated heterocycles. The number of anilines is 1. The van der Waals surface area contributed by atoms with E-state index in [-0.39, 0.29) is 0 Å². The van der Waals surface area contributed by atoms with Gasteiger partial charge in [0.15, 0.2) is 0 Å². The third-order valence-electron chi connectivity index (χ3n) is 4.38. The number of nitrogens with zero attached hydrogens (tertiary/aromatic N) is 1. The van der Waals surface area contributed by atoms with Crippen LogP contribution in [-0.2, 0) is 4.79 Å². The van der Waals surface area contributed by atoms with Crippen LogP contribution >= 0.6 is 0 Å². The van der Waals surface area contributed by atoms with Crippen LogP contribution in [0.2, 0.25) is 0 Å². The minimum atomic E-state index is 0.358. The first-order valence-corrected chi connectivity index (χ1v) is 7.90. The predicted octanol–water partition coefficient (Wildman–Crippen LogP) is 3.28. The van der Waals surface area contributed by atoms with Gasteiger partial charge in [0.25, 0.3) is 0 Å². The summed E-state index contributed by atoms with van der Waals surface area (Å²) in [4.78, 5) is 14.3. The molecule has 1 unspecified atom stereocenters. The number of benzene rings is 1. The second kappa shape index (κ2) is 6.29. The van der Waals surface area contributed by atoms with Gasteiger partial charge in [0.1, 0.15) is 0 Å². The van der Waals surface area contributed by atoms with Crippen LogP contribution in [0.15, 0.2) is 30.3 Å². The van der Waals surface area contributed by atoms with Gasteiger partial charge >= 0.3 is 0 Å². The summed E-state index contributed by atoms with van der Waals surface area (Å²) in [5.41, 5.74) is 1.16.